The fraction of sp³-hybridized carbons (Fsp3) is 0.500. The Bertz CT molecular complexity index is 330. The molecule has 0 saturated carbocycles. The summed E-state index contributed by atoms with van der Waals surface area (Å²) < 4.78 is 5.74. The third-order valence-corrected chi connectivity index (χ3v) is 3.15. The Balaban J connectivity index is 2.80. The molecule has 0 aromatic heterocycles. The predicted octanol–water partition coefficient (Wildman–Crippen LogP) is 3.27. The van der Waals surface area contributed by atoms with E-state index < -0.39 is 8.07 Å². The summed E-state index contributed by atoms with van der Waals surface area (Å²) in [4.78, 5) is 0. The van der Waals surface area contributed by atoms with Crippen LogP contribution < -0.4 is 4.74 Å². The van der Waals surface area contributed by atoms with Gasteiger partial charge >= 0.3 is 0 Å². The van der Waals surface area contributed by atoms with E-state index in [1.165, 1.54) is 0 Å². The topological polar surface area (TPSA) is 29.5 Å². The molecule has 15 heavy (non-hydrogen) atoms. The molecule has 0 spiro atoms. The van der Waals surface area contributed by atoms with Crippen LogP contribution in [0, 0.1) is 13.8 Å². The maximum atomic E-state index is 9.61. The molecule has 1 aromatic rings. The van der Waals surface area contributed by atoms with E-state index in [-0.39, 0.29) is 0 Å². The van der Waals surface area contributed by atoms with Crippen LogP contribution in [-0.2, 0) is 0 Å². The third-order valence-electron chi connectivity index (χ3n) is 2.14. The summed E-state index contributed by atoms with van der Waals surface area (Å²) in [7, 11) is -1.17. The molecule has 0 bridgehead atoms. The minimum Gasteiger partial charge on any atom is -0.507 e. The van der Waals surface area contributed by atoms with Gasteiger partial charge in [0.1, 0.15) is 11.5 Å². The lowest BCUT2D eigenvalue weighted by molar-refractivity contribution is 0.375. The Hall–Kier alpha value is -0.963. The second kappa shape index (κ2) is 4.27. The van der Waals surface area contributed by atoms with Gasteiger partial charge in [-0.15, -0.1) is 0 Å². The molecule has 3 heteroatoms. The van der Waals surface area contributed by atoms with Crippen LogP contribution in [0.5, 0.6) is 11.5 Å². The second-order valence-corrected chi connectivity index (χ2v) is 10.7. The van der Waals surface area contributed by atoms with Gasteiger partial charge in [-0.1, -0.05) is 19.6 Å². The predicted molar refractivity (Wildman–Crippen MR) is 66.4 cm³/mol. The summed E-state index contributed by atoms with van der Waals surface area (Å²) in [6.07, 6.45) is 0.816. The molecule has 1 N–H and O–H groups in total. The lowest BCUT2D eigenvalue weighted by atomic mass is 10.1. The molecule has 0 aliphatic carbocycles. The lowest BCUT2D eigenvalue weighted by Gasteiger charge is -2.17. The largest absolute Gasteiger partial charge is 0.507 e. The highest BCUT2D eigenvalue weighted by molar-refractivity contribution is 6.76. The summed E-state index contributed by atoms with van der Waals surface area (Å²) >= 11 is 0. The molecule has 1 rings (SSSR count). The van der Waals surface area contributed by atoms with Crippen LogP contribution in [0.25, 0.3) is 0 Å². The molecule has 0 aliphatic heterocycles. The van der Waals surface area contributed by atoms with Crippen LogP contribution in [0.1, 0.15) is 11.1 Å². The highest BCUT2D eigenvalue weighted by Gasteiger charge is 2.14. The fourth-order valence-corrected chi connectivity index (χ4v) is 1.90. The minimum atomic E-state index is -1.17. The van der Waals surface area contributed by atoms with E-state index in [0.29, 0.717) is 5.75 Å². The van der Waals surface area contributed by atoms with Crippen molar-refractivity contribution in [3.63, 3.8) is 0 Å². The molecule has 2 nitrogen and oxygen atoms in total. The Morgan fingerprint density at radius 2 is 1.60 bits per heavy atom. The summed E-state index contributed by atoms with van der Waals surface area (Å²) in [5.74, 6) is 1.24. The normalized spacial score (nSPS) is 11.5. The van der Waals surface area contributed by atoms with Crippen LogP contribution in [0.15, 0.2) is 12.1 Å². The molecule has 0 atom stereocenters. The highest BCUT2D eigenvalue weighted by Crippen LogP contribution is 2.27. The SMILES string of the molecule is Cc1cc(OC[Si](C)(C)C)cc(C)c1O. The Kier molecular flexibility index (Phi) is 3.45. The number of phenolic OH excluding ortho intramolecular Hbond substituents is 1. The molecule has 0 heterocycles. The molecule has 0 fully saturated rings. The zero-order valence-electron chi connectivity index (χ0n) is 10.2. The van der Waals surface area contributed by atoms with E-state index in [4.69, 9.17) is 4.74 Å². The number of aryl methyl sites for hydroxylation is 2. The fourth-order valence-electron chi connectivity index (χ4n) is 1.30. The van der Waals surface area contributed by atoms with Crippen molar-refractivity contribution in [2.24, 2.45) is 0 Å². The average Bonchev–Trinajstić information content (AvgIpc) is 2.09. The first-order valence-corrected chi connectivity index (χ1v) is 8.93. The van der Waals surface area contributed by atoms with Crippen LogP contribution in [0.4, 0.5) is 0 Å². The molecule has 0 unspecified atom stereocenters. The van der Waals surface area contributed by atoms with Crippen LogP contribution >= 0.6 is 0 Å². The third kappa shape index (κ3) is 3.59. The number of hydrogen-bond donors (Lipinski definition) is 1. The van der Waals surface area contributed by atoms with Crippen molar-refractivity contribution < 1.29 is 9.84 Å². The van der Waals surface area contributed by atoms with E-state index in [9.17, 15) is 5.11 Å². The summed E-state index contributed by atoms with van der Waals surface area (Å²) in [5.41, 5.74) is 1.75. The van der Waals surface area contributed by atoms with Gasteiger partial charge in [0.2, 0.25) is 0 Å². The highest BCUT2D eigenvalue weighted by atomic mass is 28.3. The van der Waals surface area contributed by atoms with Crippen LogP contribution in [0.2, 0.25) is 19.6 Å². The quantitative estimate of drug-likeness (QED) is 0.799. The minimum absolute atomic E-state index is 0.371. The standard InChI is InChI=1S/C12H20O2Si/c1-9-6-11(7-10(2)12(9)13)14-8-15(3,4)5/h6-7,13H,8H2,1-5H3. The monoisotopic (exact) mass is 224 g/mol. The van der Waals surface area contributed by atoms with Gasteiger partial charge in [0, 0.05) is 0 Å². The number of ether oxygens (including phenoxy) is 1. The molecular formula is C12H20O2Si. The number of aromatic hydroxyl groups is 1. The average molecular weight is 224 g/mol. The van der Waals surface area contributed by atoms with Gasteiger partial charge in [0.05, 0.1) is 14.3 Å². The molecule has 0 aliphatic rings. The van der Waals surface area contributed by atoms with Crippen molar-refractivity contribution in [1.82, 2.24) is 0 Å². The number of phenols is 1. The maximum Gasteiger partial charge on any atom is 0.121 e. The van der Waals surface area contributed by atoms with E-state index in [1.807, 2.05) is 26.0 Å². The molecule has 0 radical (unpaired) electrons. The Labute approximate surface area is 92.9 Å². The smallest absolute Gasteiger partial charge is 0.121 e. The van der Waals surface area contributed by atoms with Gasteiger partial charge in [0.25, 0.3) is 0 Å². The molecule has 0 amide bonds. The van der Waals surface area contributed by atoms with Gasteiger partial charge in [-0.2, -0.15) is 0 Å². The van der Waals surface area contributed by atoms with Crippen molar-refractivity contribution >= 4 is 8.07 Å². The number of benzene rings is 1. The zero-order valence-corrected chi connectivity index (χ0v) is 11.2. The Morgan fingerprint density at radius 3 is 2.00 bits per heavy atom. The first-order chi connectivity index (χ1) is 6.79. The molecular weight excluding hydrogens is 204 g/mol. The number of rotatable bonds is 3. The summed E-state index contributed by atoms with van der Waals surface area (Å²) in [6.45, 7) is 10.6. The lowest BCUT2D eigenvalue weighted by Crippen LogP contribution is -2.30. The van der Waals surface area contributed by atoms with Gasteiger partial charge in [-0.3, -0.25) is 0 Å². The van der Waals surface area contributed by atoms with Gasteiger partial charge in [0.15, 0.2) is 0 Å². The zero-order chi connectivity index (χ0) is 11.6. The summed E-state index contributed by atoms with van der Waals surface area (Å²) in [5, 5.41) is 9.61. The van der Waals surface area contributed by atoms with E-state index >= 15 is 0 Å². The van der Waals surface area contributed by atoms with Crippen molar-refractivity contribution in [2.45, 2.75) is 33.5 Å². The van der Waals surface area contributed by atoms with Gasteiger partial charge in [-0.05, 0) is 37.1 Å². The Morgan fingerprint density at radius 1 is 1.13 bits per heavy atom. The van der Waals surface area contributed by atoms with Crippen molar-refractivity contribution in [2.75, 3.05) is 6.23 Å². The molecule has 0 saturated heterocycles. The van der Waals surface area contributed by atoms with E-state index in [1.54, 1.807) is 0 Å². The molecule has 1 aromatic carbocycles. The van der Waals surface area contributed by atoms with Gasteiger partial charge < -0.3 is 9.84 Å². The second-order valence-electron chi connectivity index (χ2n) is 5.26. The van der Waals surface area contributed by atoms with Crippen LogP contribution in [0.3, 0.4) is 0 Å². The van der Waals surface area contributed by atoms with Gasteiger partial charge in [-0.25, -0.2) is 0 Å². The van der Waals surface area contributed by atoms with Crippen molar-refractivity contribution in [1.29, 1.82) is 0 Å². The first-order valence-electron chi connectivity index (χ1n) is 5.22. The molecule has 84 valence electrons. The van der Waals surface area contributed by atoms with Crippen molar-refractivity contribution in [3.8, 4) is 11.5 Å². The van der Waals surface area contributed by atoms with Crippen molar-refractivity contribution in [3.05, 3.63) is 23.3 Å². The van der Waals surface area contributed by atoms with E-state index in [2.05, 4.69) is 19.6 Å². The van der Waals surface area contributed by atoms with Crippen LogP contribution in [-0.4, -0.2) is 19.4 Å². The summed E-state index contributed by atoms with van der Waals surface area (Å²) in [6, 6.07) is 3.78. The first kappa shape index (κ1) is 12.1. The number of hydrogen-bond acceptors (Lipinski definition) is 2. The maximum absolute atomic E-state index is 9.61. The van der Waals surface area contributed by atoms with E-state index in [0.717, 1.165) is 23.1 Å².